The SMILES string of the molecule is CC[C@H](C(=O)NC1CCCC1)N(Cc1c(Cl)cccc1Cl)C(=O)CN(c1ccc(Cl)cc1Cl)S(C)(=O)=O. The first kappa shape index (κ1) is 29.8. The molecule has 1 aliphatic carbocycles. The molecule has 0 spiro atoms. The molecular weight excluding hydrogens is 580 g/mol. The van der Waals surface area contributed by atoms with E-state index in [1.54, 1.807) is 25.1 Å². The molecule has 7 nitrogen and oxygen atoms in total. The zero-order valence-electron chi connectivity index (χ0n) is 20.5. The van der Waals surface area contributed by atoms with E-state index in [1.165, 1.54) is 23.1 Å². The minimum absolute atomic E-state index is 0.0443. The molecule has 1 aliphatic rings. The van der Waals surface area contributed by atoms with Gasteiger partial charge in [0.1, 0.15) is 12.6 Å². The van der Waals surface area contributed by atoms with Crippen LogP contribution in [0.25, 0.3) is 0 Å². The molecule has 3 rings (SSSR count). The van der Waals surface area contributed by atoms with Crippen LogP contribution in [0.4, 0.5) is 5.69 Å². The number of sulfonamides is 1. The van der Waals surface area contributed by atoms with E-state index in [4.69, 9.17) is 46.4 Å². The van der Waals surface area contributed by atoms with E-state index in [2.05, 4.69) is 5.32 Å². The lowest BCUT2D eigenvalue weighted by Crippen LogP contribution is -2.53. The third kappa shape index (κ3) is 7.67. The summed E-state index contributed by atoms with van der Waals surface area (Å²) in [7, 11) is -3.94. The van der Waals surface area contributed by atoms with Crippen molar-refractivity contribution in [3.8, 4) is 0 Å². The molecule has 2 amide bonds. The number of benzene rings is 2. The fourth-order valence-corrected chi connectivity index (χ4v) is 6.36. The van der Waals surface area contributed by atoms with Gasteiger partial charge in [-0.3, -0.25) is 13.9 Å². The Morgan fingerprint density at radius 2 is 1.65 bits per heavy atom. The quantitative estimate of drug-likeness (QED) is 0.362. The zero-order valence-corrected chi connectivity index (χ0v) is 24.4. The predicted molar refractivity (Wildman–Crippen MR) is 150 cm³/mol. The van der Waals surface area contributed by atoms with E-state index in [1.807, 2.05) is 0 Å². The molecule has 1 N–H and O–H groups in total. The number of carbonyl (C=O) groups is 2. The molecular formula is C25H29Cl4N3O4S. The van der Waals surface area contributed by atoms with Gasteiger partial charge in [0, 0.05) is 33.2 Å². The van der Waals surface area contributed by atoms with Gasteiger partial charge >= 0.3 is 0 Å². The van der Waals surface area contributed by atoms with Crippen molar-refractivity contribution in [1.29, 1.82) is 0 Å². The van der Waals surface area contributed by atoms with Crippen LogP contribution >= 0.6 is 46.4 Å². The minimum atomic E-state index is -3.94. The molecule has 0 radical (unpaired) electrons. The van der Waals surface area contributed by atoms with Gasteiger partial charge < -0.3 is 10.2 Å². The molecule has 0 bridgehead atoms. The maximum Gasteiger partial charge on any atom is 0.244 e. The number of rotatable bonds is 10. The van der Waals surface area contributed by atoms with Gasteiger partial charge in [-0.2, -0.15) is 0 Å². The molecule has 0 saturated heterocycles. The van der Waals surface area contributed by atoms with Crippen molar-refractivity contribution in [3.63, 3.8) is 0 Å². The smallest absolute Gasteiger partial charge is 0.244 e. The highest BCUT2D eigenvalue weighted by Gasteiger charge is 2.34. The lowest BCUT2D eigenvalue weighted by atomic mass is 10.1. The summed E-state index contributed by atoms with van der Waals surface area (Å²) in [5.41, 5.74) is 0.558. The molecule has 202 valence electrons. The Kier molecular flexibility index (Phi) is 10.4. The molecule has 37 heavy (non-hydrogen) atoms. The summed E-state index contributed by atoms with van der Waals surface area (Å²) in [6, 6.07) is 8.44. The Bertz CT molecular complexity index is 1230. The Morgan fingerprint density at radius 3 is 2.19 bits per heavy atom. The zero-order chi connectivity index (χ0) is 27.3. The number of anilines is 1. The van der Waals surface area contributed by atoms with Crippen molar-refractivity contribution < 1.29 is 18.0 Å². The van der Waals surface area contributed by atoms with Crippen LogP contribution in [-0.4, -0.2) is 50.0 Å². The summed E-state index contributed by atoms with van der Waals surface area (Å²) in [5.74, 6) is -0.915. The van der Waals surface area contributed by atoms with Gasteiger partial charge in [0.25, 0.3) is 0 Å². The molecule has 12 heteroatoms. The van der Waals surface area contributed by atoms with Gasteiger partial charge in [0.05, 0.1) is 17.0 Å². The first-order valence-electron chi connectivity index (χ1n) is 11.9. The molecule has 2 aromatic rings. The van der Waals surface area contributed by atoms with Crippen LogP contribution < -0.4 is 9.62 Å². The van der Waals surface area contributed by atoms with Crippen molar-refractivity contribution in [2.45, 2.75) is 57.7 Å². The highest BCUT2D eigenvalue weighted by Crippen LogP contribution is 2.31. The highest BCUT2D eigenvalue weighted by atomic mass is 35.5. The Morgan fingerprint density at radius 1 is 1.03 bits per heavy atom. The van der Waals surface area contributed by atoms with Crippen LogP contribution in [0.15, 0.2) is 36.4 Å². The highest BCUT2D eigenvalue weighted by molar-refractivity contribution is 7.92. The molecule has 1 atom stereocenters. The maximum absolute atomic E-state index is 13.8. The summed E-state index contributed by atoms with van der Waals surface area (Å²) in [6.45, 7) is 1.12. The van der Waals surface area contributed by atoms with Crippen LogP contribution in [0.1, 0.15) is 44.6 Å². The van der Waals surface area contributed by atoms with Crippen molar-refractivity contribution in [1.82, 2.24) is 10.2 Å². The first-order chi connectivity index (χ1) is 17.4. The summed E-state index contributed by atoms with van der Waals surface area (Å²) >= 11 is 25.1. The van der Waals surface area contributed by atoms with E-state index < -0.39 is 28.5 Å². The van der Waals surface area contributed by atoms with E-state index >= 15 is 0 Å². The second-order valence-corrected chi connectivity index (χ2v) is 12.6. The monoisotopic (exact) mass is 607 g/mol. The summed E-state index contributed by atoms with van der Waals surface area (Å²) in [6.07, 6.45) is 5.10. The van der Waals surface area contributed by atoms with Gasteiger partial charge in [0.2, 0.25) is 21.8 Å². The standard InChI is InChI=1S/C25H29Cl4N3O4S/c1-3-22(25(34)30-17-7-4-5-8-17)31(14-18-19(27)9-6-10-20(18)28)24(33)15-32(37(2,35)36)23-12-11-16(26)13-21(23)29/h6,9-13,17,22H,3-5,7-8,14-15H2,1-2H3,(H,30,34)/t22-/m1/s1. The fourth-order valence-electron chi connectivity index (χ4n) is 4.42. The average molecular weight is 609 g/mol. The normalized spacial score (nSPS) is 14.9. The number of hydrogen-bond acceptors (Lipinski definition) is 4. The summed E-state index contributed by atoms with van der Waals surface area (Å²) in [5, 5.41) is 4.09. The number of amides is 2. The Hall–Kier alpha value is -1.71. The summed E-state index contributed by atoms with van der Waals surface area (Å²) in [4.78, 5) is 28.5. The summed E-state index contributed by atoms with van der Waals surface area (Å²) < 4.78 is 26.4. The van der Waals surface area contributed by atoms with E-state index in [0.29, 0.717) is 27.1 Å². The minimum Gasteiger partial charge on any atom is -0.352 e. The molecule has 0 unspecified atom stereocenters. The second-order valence-electron chi connectivity index (χ2n) is 9.00. The third-order valence-corrected chi connectivity index (χ3v) is 8.71. The largest absolute Gasteiger partial charge is 0.352 e. The topological polar surface area (TPSA) is 86.8 Å². The van der Waals surface area contributed by atoms with Crippen molar-refractivity contribution in [2.24, 2.45) is 0 Å². The molecule has 0 heterocycles. The van der Waals surface area contributed by atoms with Gasteiger partial charge in [-0.15, -0.1) is 0 Å². The van der Waals surface area contributed by atoms with Crippen molar-refractivity contribution in [2.75, 3.05) is 17.1 Å². The maximum atomic E-state index is 13.8. The van der Waals surface area contributed by atoms with Crippen LogP contribution in [0.3, 0.4) is 0 Å². The van der Waals surface area contributed by atoms with Gasteiger partial charge in [-0.25, -0.2) is 8.42 Å². The molecule has 2 aromatic carbocycles. The van der Waals surface area contributed by atoms with Crippen LogP contribution in [-0.2, 0) is 26.2 Å². The van der Waals surface area contributed by atoms with E-state index in [-0.39, 0.29) is 29.2 Å². The Labute approximate surface area is 238 Å². The fraction of sp³-hybridized carbons (Fsp3) is 0.440. The van der Waals surface area contributed by atoms with Crippen LogP contribution in [0.2, 0.25) is 20.1 Å². The van der Waals surface area contributed by atoms with Crippen LogP contribution in [0, 0.1) is 0 Å². The van der Waals surface area contributed by atoms with Crippen LogP contribution in [0.5, 0.6) is 0 Å². The van der Waals surface area contributed by atoms with Gasteiger partial charge in [0.15, 0.2) is 0 Å². The molecule has 0 aliphatic heterocycles. The molecule has 1 fully saturated rings. The molecule has 0 aromatic heterocycles. The van der Waals surface area contributed by atoms with Crippen molar-refractivity contribution in [3.05, 3.63) is 62.1 Å². The molecule has 1 saturated carbocycles. The Balaban J connectivity index is 1.99. The van der Waals surface area contributed by atoms with E-state index in [9.17, 15) is 18.0 Å². The van der Waals surface area contributed by atoms with E-state index in [0.717, 1.165) is 36.2 Å². The van der Waals surface area contributed by atoms with Gasteiger partial charge in [-0.05, 0) is 49.6 Å². The lowest BCUT2D eigenvalue weighted by Gasteiger charge is -2.34. The second kappa shape index (κ2) is 12.9. The van der Waals surface area contributed by atoms with Crippen molar-refractivity contribution >= 4 is 73.9 Å². The number of hydrogen-bond donors (Lipinski definition) is 1. The number of carbonyl (C=O) groups excluding carboxylic acids is 2. The average Bonchev–Trinajstić information content (AvgIpc) is 3.32. The third-order valence-electron chi connectivity index (χ3n) is 6.34. The van der Waals surface area contributed by atoms with Gasteiger partial charge in [-0.1, -0.05) is 72.2 Å². The number of nitrogens with one attached hydrogen (secondary N) is 1. The number of halogens is 4. The first-order valence-corrected chi connectivity index (χ1v) is 15.2. The number of nitrogens with zero attached hydrogens (tertiary/aromatic N) is 2. The predicted octanol–water partition coefficient (Wildman–Crippen LogP) is 5.93. The lowest BCUT2D eigenvalue weighted by molar-refractivity contribution is -0.140.